The molecule has 0 aromatic rings. The van der Waals surface area contributed by atoms with Crippen LogP contribution in [0.5, 0.6) is 0 Å². The molecule has 0 unspecified atom stereocenters. The average Bonchev–Trinajstić information content (AvgIpc) is 3.16. The fraction of sp³-hybridized carbons (Fsp3) is 0.769. The Morgan fingerprint density at radius 3 is 2.41 bits per heavy atom. The molecule has 4 saturated carbocycles. The van der Waals surface area contributed by atoms with Crippen molar-refractivity contribution >= 4 is 23.9 Å². The second kappa shape index (κ2) is 7.56. The molecular formula is C26H34O8. The lowest BCUT2D eigenvalue weighted by Crippen LogP contribution is -2.57. The van der Waals surface area contributed by atoms with Gasteiger partial charge in [0.15, 0.2) is 0 Å². The topological polar surface area (TPSA) is 105 Å². The molecule has 4 aliphatic carbocycles. The zero-order valence-corrected chi connectivity index (χ0v) is 20.4. The molecule has 5 rings (SSSR count). The second-order valence-electron chi connectivity index (χ2n) is 11.5. The number of hydrogen-bond acceptors (Lipinski definition) is 8. The van der Waals surface area contributed by atoms with Gasteiger partial charge < -0.3 is 18.9 Å². The van der Waals surface area contributed by atoms with E-state index < -0.39 is 23.3 Å². The largest absolute Gasteiger partial charge is 0.462 e. The van der Waals surface area contributed by atoms with Gasteiger partial charge >= 0.3 is 23.9 Å². The van der Waals surface area contributed by atoms with E-state index in [4.69, 9.17) is 18.9 Å². The second-order valence-corrected chi connectivity index (χ2v) is 11.5. The summed E-state index contributed by atoms with van der Waals surface area (Å²) in [5.74, 6) is -2.28. The minimum Gasteiger partial charge on any atom is -0.462 e. The SMILES string of the molecule is CC(=O)OC[C@@]1(OC(C)=O)C[C@@]23CC[C@@H]4C5=CC(=O)O[C@]5(OC(C)=O)CC[C@@]4(C)[C@@H]2CC[C@@H]1C3. The van der Waals surface area contributed by atoms with Gasteiger partial charge in [-0.25, -0.2) is 4.79 Å². The molecule has 34 heavy (non-hydrogen) atoms. The summed E-state index contributed by atoms with van der Waals surface area (Å²) in [5.41, 5.74) is -0.0879. The van der Waals surface area contributed by atoms with Crippen molar-refractivity contribution in [2.75, 3.05) is 6.61 Å². The normalized spacial score (nSPS) is 44.1. The first-order chi connectivity index (χ1) is 15.9. The fourth-order valence-corrected chi connectivity index (χ4v) is 8.73. The van der Waals surface area contributed by atoms with Crippen LogP contribution in [0.2, 0.25) is 0 Å². The van der Waals surface area contributed by atoms with E-state index in [2.05, 4.69) is 6.92 Å². The average molecular weight is 475 g/mol. The zero-order chi connectivity index (χ0) is 24.5. The van der Waals surface area contributed by atoms with Gasteiger partial charge in [-0.2, -0.15) is 0 Å². The number of ether oxygens (including phenoxy) is 4. The van der Waals surface area contributed by atoms with Gasteiger partial charge in [0, 0.05) is 44.8 Å². The van der Waals surface area contributed by atoms with Crippen LogP contribution in [0.15, 0.2) is 11.6 Å². The molecule has 186 valence electrons. The molecule has 2 bridgehead atoms. The van der Waals surface area contributed by atoms with Crippen LogP contribution in [0.1, 0.15) is 79.1 Å². The molecule has 5 aliphatic rings. The van der Waals surface area contributed by atoms with Crippen LogP contribution >= 0.6 is 0 Å². The van der Waals surface area contributed by atoms with E-state index in [1.165, 1.54) is 20.8 Å². The van der Waals surface area contributed by atoms with Crippen LogP contribution < -0.4 is 0 Å². The summed E-state index contributed by atoms with van der Waals surface area (Å²) in [6.07, 6.45) is 8.05. The van der Waals surface area contributed by atoms with E-state index in [0.717, 1.165) is 44.1 Å². The van der Waals surface area contributed by atoms with Gasteiger partial charge in [-0.15, -0.1) is 0 Å². The molecule has 7 atom stereocenters. The smallest absolute Gasteiger partial charge is 0.334 e. The third-order valence-electron chi connectivity index (χ3n) is 9.64. The minimum absolute atomic E-state index is 0.0186. The fourth-order valence-electron chi connectivity index (χ4n) is 8.73. The van der Waals surface area contributed by atoms with Crippen molar-refractivity contribution in [2.24, 2.45) is 28.6 Å². The summed E-state index contributed by atoms with van der Waals surface area (Å²) >= 11 is 0. The van der Waals surface area contributed by atoms with E-state index in [1.54, 1.807) is 6.08 Å². The van der Waals surface area contributed by atoms with Gasteiger partial charge in [0.2, 0.25) is 0 Å². The number of rotatable bonds is 4. The van der Waals surface area contributed by atoms with Gasteiger partial charge in [0.1, 0.15) is 12.2 Å². The Morgan fingerprint density at radius 2 is 1.74 bits per heavy atom. The molecule has 0 amide bonds. The van der Waals surface area contributed by atoms with Crippen molar-refractivity contribution in [3.8, 4) is 0 Å². The van der Waals surface area contributed by atoms with Crippen LogP contribution in [-0.4, -0.2) is 41.9 Å². The summed E-state index contributed by atoms with van der Waals surface area (Å²) in [4.78, 5) is 47.9. The number of esters is 4. The van der Waals surface area contributed by atoms with Crippen LogP contribution in [0.3, 0.4) is 0 Å². The van der Waals surface area contributed by atoms with E-state index in [9.17, 15) is 19.2 Å². The Kier molecular flexibility index (Phi) is 5.19. The summed E-state index contributed by atoms with van der Waals surface area (Å²) < 4.78 is 22.6. The van der Waals surface area contributed by atoms with Crippen LogP contribution in [-0.2, 0) is 38.1 Å². The van der Waals surface area contributed by atoms with Gasteiger partial charge in [0.05, 0.1) is 0 Å². The Balaban J connectivity index is 1.48. The van der Waals surface area contributed by atoms with Crippen molar-refractivity contribution in [3.63, 3.8) is 0 Å². The third-order valence-corrected chi connectivity index (χ3v) is 9.64. The maximum absolute atomic E-state index is 12.3. The molecule has 1 heterocycles. The number of carbonyl (C=O) groups excluding carboxylic acids is 4. The highest BCUT2D eigenvalue weighted by Gasteiger charge is 2.70. The van der Waals surface area contributed by atoms with Crippen molar-refractivity contribution < 1.29 is 38.1 Å². The molecule has 0 saturated heterocycles. The molecular weight excluding hydrogens is 440 g/mol. The Hall–Kier alpha value is -2.38. The molecule has 8 nitrogen and oxygen atoms in total. The van der Waals surface area contributed by atoms with Gasteiger partial charge in [-0.3, -0.25) is 14.4 Å². The van der Waals surface area contributed by atoms with E-state index in [-0.39, 0.29) is 41.2 Å². The molecule has 4 fully saturated rings. The van der Waals surface area contributed by atoms with E-state index in [1.807, 2.05) is 0 Å². The first kappa shape index (κ1) is 23.4. The van der Waals surface area contributed by atoms with E-state index >= 15 is 0 Å². The predicted octanol–water partition coefficient (Wildman–Crippen LogP) is 3.61. The molecule has 8 heteroatoms. The van der Waals surface area contributed by atoms with Crippen LogP contribution in [0, 0.1) is 28.6 Å². The lowest BCUT2D eigenvalue weighted by Gasteiger charge is -2.61. The van der Waals surface area contributed by atoms with Crippen molar-refractivity contribution in [2.45, 2.75) is 90.4 Å². The summed E-state index contributed by atoms with van der Waals surface area (Å²) in [6.45, 7) is 6.56. The van der Waals surface area contributed by atoms with Crippen molar-refractivity contribution in [3.05, 3.63) is 11.6 Å². The third kappa shape index (κ3) is 3.31. The summed E-state index contributed by atoms with van der Waals surface area (Å²) in [7, 11) is 0. The van der Waals surface area contributed by atoms with E-state index in [0.29, 0.717) is 18.8 Å². The Morgan fingerprint density at radius 1 is 1.00 bits per heavy atom. The number of fused-ring (bicyclic) bond motifs is 5. The molecule has 1 aliphatic heterocycles. The van der Waals surface area contributed by atoms with Crippen molar-refractivity contribution in [1.29, 1.82) is 0 Å². The maximum atomic E-state index is 12.3. The lowest BCUT2D eigenvalue weighted by atomic mass is 9.44. The maximum Gasteiger partial charge on any atom is 0.334 e. The monoisotopic (exact) mass is 474 g/mol. The first-order valence-corrected chi connectivity index (χ1v) is 12.4. The number of carbonyl (C=O) groups is 4. The highest BCUT2D eigenvalue weighted by molar-refractivity contribution is 5.87. The standard InChI is InChI=1S/C26H34O8/c1-15(27)31-14-25(32-16(2)28)13-24-8-7-19-20-11-22(30)34-26(20,33-17(3)29)10-9-23(19,4)21(24)6-5-18(25)12-24/h11,18-19,21H,5-10,12-14H2,1-4H3/t18-,19-,21+,23-,24+,25+,26-/m1/s1. The Bertz CT molecular complexity index is 985. The zero-order valence-electron chi connectivity index (χ0n) is 20.4. The molecule has 0 aromatic carbocycles. The molecule has 0 N–H and O–H groups in total. The van der Waals surface area contributed by atoms with Gasteiger partial charge in [-0.05, 0) is 67.6 Å². The predicted molar refractivity (Wildman–Crippen MR) is 118 cm³/mol. The van der Waals surface area contributed by atoms with Crippen LogP contribution in [0.4, 0.5) is 0 Å². The number of hydrogen-bond donors (Lipinski definition) is 0. The summed E-state index contributed by atoms with van der Waals surface area (Å²) in [5, 5.41) is 0. The molecule has 0 aromatic heterocycles. The lowest BCUT2D eigenvalue weighted by molar-refractivity contribution is -0.226. The van der Waals surface area contributed by atoms with Gasteiger partial charge in [-0.1, -0.05) is 6.92 Å². The summed E-state index contributed by atoms with van der Waals surface area (Å²) in [6, 6.07) is 0. The van der Waals surface area contributed by atoms with Crippen molar-refractivity contribution in [1.82, 2.24) is 0 Å². The highest BCUT2D eigenvalue weighted by Crippen LogP contribution is 2.73. The van der Waals surface area contributed by atoms with Gasteiger partial charge in [0.25, 0.3) is 5.79 Å². The molecule has 1 spiro atoms. The minimum atomic E-state index is -1.26. The highest BCUT2D eigenvalue weighted by atomic mass is 16.7. The quantitative estimate of drug-likeness (QED) is 0.449. The Labute approximate surface area is 199 Å². The molecule has 0 radical (unpaired) electrons. The van der Waals surface area contributed by atoms with Crippen LogP contribution in [0.25, 0.3) is 0 Å². The first-order valence-electron chi connectivity index (χ1n) is 12.4.